The van der Waals surface area contributed by atoms with Crippen LogP contribution in [-0.2, 0) is 9.78 Å². The molecule has 0 atom stereocenters. The third kappa shape index (κ3) is 4.77. The molecule has 0 bridgehead atoms. The van der Waals surface area contributed by atoms with Crippen LogP contribution < -0.4 is 0 Å². The molecule has 0 unspecified atom stereocenters. The summed E-state index contributed by atoms with van der Waals surface area (Å²) in [7, 11) is 1.55. The van der Waals surface area contributed by atoms with Crippen molar-refractivity contribution in [3.63, 3.8) is 0 Å². The van der Waals surface area contributed by atoms with Crippen LogP contribution in [0, 0.1) is 0 Å². The van der Waals surface area contributed by atoms with E-state index in [-0.39, 0.29) is 5.60 Å². The van der Waals surface area contributed by atoms with Crippen molar-refractivity contribution in [3.05, 3.63) is 0 Å². The van der Waals surface area contributed by atoms with Crippen molar-refractivity contribution in [2.24, 2.45) is 0 Å². The van der Waals surface area contributed by atoms with Gasteiger partial charge in [-0.05, 0) is 20.3 Å². The van der Waals surface area contributed by atoms with Gasteiger partial charge < -0.3 is 0 Å². The van der Waals surface area contributed by atoms with Gasteiger partial charge in [-0.1, -0.05) is 19.8 Å². The maximum atomic E-state index is 5.03. The van der Waals surface area contributed by atoms with Crippen LogP contribution in [0.2, 0.25) is 0 Å². The molecule has 0 saturated carbocycles. The van der Waals surface area contributed by atoms with Gasteiger partial charge in [0.1, 0.15) is 0 Å². The summed E-state index contributed by atoms with van der Waals surface area (Å²) >= 11 is 0. The number of unbranched alkanes of at least 4 members (excludes halogenated alkanes) is 1. The molecule has 0 amide bonds. The first kappa shape index (κ1) is 9.92. The van der Waals surface area contributed by atoms with Crippen LogP contribution >= 0.6 is 0 Å². The van der Waals surface area contributed by atoms with Gasteiger partial charge in [0, 0.05) is 0 Å². The minimum Gasteiger partial charge on any atom is -0.240 e. The Balaban J connectivity index is 3.42. The largest absolute Gasteiger partial charge is 0.240 e. The molecule has 0 aromatic heterocycles. The molecule has 0 aliphatic heterocycles. The van der Waals surface area contributed by atoms with Crippen LogP contribution in [0.25, 0.3) is 0 Å². The first-order valence-corrected chi connectivity index (χ1v) is 3.84. The Morgan fingerprint density at radius 2 is 1.90 bits per heavy atom. The maximum absolute atomic E-state index is 5.03. The molecule has 0 rings (SSSR count). The molecule has 0 fully saturated rings. The summed E-state index contributed by atoms with van der Waals surface area (Å²) in [5, 5.41) is 0. The van der Waals surface area contributed by atoms with E-state index in [1.165, 1.54) is 12.8 Å². The zero-order valence-corrected chi connectivity index (χ0v) is 7.44. The highest BCUT2D eigenvalue weighted by Crippen LogP contribution is 2.17. The molecule has 0 aromatic carbocycles. The average Bonchev–Trinajstić information content (AvgIpc) is 1.84. The van der Waals surface area contributed by atoms with E-state index in [0.717, 1.165) is 6.42 Å². The Labute approximate surface area is 63.5 Å². The van der Waals surface area contributed by atoms with Crippen molar-refractivity contribution in [2.75, 3.05) is 7.11 Å². The molecule has 0 aliphatic carbocycles. The first-order chi connectivity index (χ1) is 4.62. The van der Waals surface area contributed by atoms with E-state index in [4.69, 9.17) is 4.89 Å². The van der Waals surface area contributed by atoms with Gasteiger partial charge in [0.15, 0.2) is 0 Å². The van der Waals surface area contributed by atoms with E-state index < -0.39 is 0 Å². The lowest BCUT2D eigenvalue weighted by molar-refractivity contribution is -0.336. The van der Waals surface area contributed by atoms with Crippen molar-refractivity contribution in [2.45, 2.75) is 45.6 Å². The lowest BCUT2D eigenvalue weighted by Crippen LogP contribution is -2.23. The van der Waals surface area contributed by atoms with Gasteiger partial charge in [-0.3, -0.25) is 0 Å². The fraction of sp³-hybridized carbons (Fsp3) is 1.00. The predicted molar refractivity (Wildman–Crippen MR) is 41.7 cm³/mol. The highest BCUT2D eigenvalue weighted by molar-refractivity contribution is 4.65. The Bertz CT molecular complexity index is 79.3. The minimum atomic E-state index is -0.120. The molecule has 0 spiro atoms. The zero-order valence-electron chi connectivity index (χ0n) is 7.44. The fourth-order valence-corrected chi connectivity index (χ4v) is 0.870. The number of hydrogen-bond donors (Lipinski definition) is 0. The number of rotatable bonds is 5. The summed E-state index contributed by atoms with van der Waals surface area (Å²) in [6.45, 7) is 6.24. The van der Waals surface area contributed by atoms with Crippen LogP contribution in [0.4, 0.5) is 0 Å². The van der Waals surface area contributed by atoms with Crippen LogP contribution in [0.15, 0.2) is 0 Å². The predicted octanol–water partition coefficient (Wildman–Crippen LogP) is 2.53. The van der Waals surface area contributed by atoms with Crippen LogP contribution in [0.5, 0.6) is 0 Å². The minimum absolute atomic E-state index is 0.120. The standard InChI is InChI=1S/C8H18O2/c1-5-6-7-8(2,3)10-9-4/h5-7H2,1-4H3. The fourth-order valence-electron chi connectivity index (χ4n) is 0.870. The van der Waals surface area contributed by atoms with Crippen molar-refractivity contribution in [1.82, 2.24) is 0 Å². The zero-order chi connectivity index (χ0) is 8.04. The van der Waals surface area contributed by atoms with E-state index in [0.29, 0.717) is 0 Å². The molecule has 0 radical (unpaired) electrons. The summed E-state index contributed by atoms with van der Waals surface area (Å²) in [5.74, 6) is 0. The van der Waals surface area contributed by atoms with Crippen molar-refractivity contribution in [1.29, 1.82) is 0 Å². The van der Waals surface area contributed by atoms with Gasteiger partial charge in [-0.15, -0.1) is 0 Å². The SMILES string of the molecule is CCCCC(C)(C)OOC. The number of hydrogen-bond acceptors (Lipinski definition) is 2. The van der Waals surface area contributed by atoms with E-state index in [2.05, 4.69) is 11.8 Å². The van der Waals surface area contributed by atoms with Crippen molar-refractivity contribution in [3.8, 4) is 0 Å². The monoisotopic (exact) mass is 146 g/mol. The quantitative estimate of drug-likeness (QED) is 0.438. The van der Waals surface area contributed by atoms with Gasteiger partial charge in [0.05, 0.1) is 12.7 Å². The van der Waals surface area contributed by atoms with Crippen LogP contribution in [-0.4, -0.2) is 12.7 Å². The summed E-state index contributed by atoms with van der Waals surface area (Å²) in [6, 6.07) is 0. The van der Waals surface area contributed by atoms with Gasteiger partial charge in [-0.25, -0.2) is 9.78 Å². The average molecular weight is 146 g/mol. The molecule has 62 valence electrons. The van der Waals surface area contributed by atoms with E-state index in [1.54, 1.807) is 7.11 Å². The molecule has 10 heavy (non-hydrogen) atoms. The van der Waals surface area contributed by atoms with E-state index >= 15 is 0 Å². The normalized spacial score (nSPS) is 12.0. The smallest absolute Gasteiger partial charge is 0.0979 e. The third-order valence-corrected chi connectivity index (χ3v) is 1.44. The topological polar surface area (TPSA) is 18.5 Å². The molecule has 2 heteroatoms. The second-order valence-electron chi connectivity index (χ2n) is 3.11. The van der Waals surface area contributed by atoms with Gasteiger partial charge >= 0.3 is 0 Å². The molecule has 0 aliphatic rings. The summed E-state index contributed by atoms with van der Waals surface area (Å²) in [6.07, 6.45) is 3.45. The Hall–Kier alpha value is -0.0800. The molecule has 0 saturated heterocycles. The highest BCUT2D eigenvalue weighted by atomic mass is 17.2. The summed E-state index contributed by atoms with van der Waals surface area (Å²) in [4.78, 5) is 9.64. The maximum Gasteiger partial charge on any atom is 0.0979 e. The third-order valence-electron chi connectivity index (χ3n) is 1.44. The highest BCUT2D eigenvalue weighted by Gasteiger charge is 2.17. The molecule has 0 heterocycles. The van der Waals surface area contributed by atoms with Crippen LogP contribution in [0.3, 0.4) is 0 Å². The van der Waals surface area contributed by atoms with Crippen molar-refractivity contribution < 1.29 is 9.78 Å². The Morgan fingerprint density at radius 1 is 1.30 bits per heavy atom. The van der Waals surface area contributed by atoms with E-state index in [1.807, 2.05) is 13.8 Å². The second-order valence-corrected chi connectivity index (χ2v) is 3.11. The van der Waals surface area contributed by atoms with Crippen molar-refractivity contribution >= 4 is 0 Å². The lowest BCUT2D eigenvalue weighted by Gasteiger charge is -2.21. The Morgan fingerprint density at radius 3 is 2.30 bits per heavy atom. The first-order valence-electron chi connectivity index (χ1n) is 3.84. The summed E-state index contributed by atoms with van der Waals surface area (Å²) < 4.78 is 0. The van der Waals surface area contributed by atoms with Gasteiger partial charge in [0.25, 0.3) is 0 Å². The molecule has 0 aromatic rings. The van der Waals surface area contributed by atoms with Crippen LogP contribution in [0.1, 0.15) is 40.0 Å². The lowest BCUT2D eigenvalue weighted by atomic mass is 10.0. The van der Waals surface area contributed by atoms with Gasteiger partial charge in [-0.2, -0.15) is 0 Å². The Kier molecular flexibility index (Phi) is 4.65. The molecule has 2 nitrogen and oxygen atoms in total. The second kappa shape index (κ2) is 4.69. The van der Waals surface area contributed by atoms with E-state index in [9.17, 15) is 0 Å². The summed E-state index contributed by atoms with van der Waals surface area (Å²) in [5.41, 5.74) is -0.120. The van der Waals surface area contributed by atoms with Gasteiger partial charge in [0.2, 0.25) is 0 Å². The molecular weight excluding hydrogens is 128 g/mol. The molecular formula is C8H18O2. The molecule has 0 N–H and O–H groups in total.